The van der Waals surface area contributed by atoms with Gasteiger partial charge < -0.3 is 5.32 Å². The van der Waals surface area contributed by atoms with Crippen LogP contribution >= 0.6 is 22.9 Å². The molecule has 1 aromatic heterocycles. The largest absolute Gasteiger partial charge is 0.385 e. The Kier molecular flexibility index (Phi) is 4.33. The molecule has 0 fully saturated rings. The summed E-state index contributed by atoms with van der Waals surface area (Å²) < 4.78 is 13.2. The molecule has 2 rings (SSSR count). The van der Waals surface area contributed by atoms with Gasteiger partial charge >= 0.3 is 0 Å². The van der Waals surface area contributed by atoms with Crippen LogP contribution in [0.2, 0.25) is 5.02 Å². The highest BCUT2D eigenvalue weighted by atomic mass is 35.5. The Labute approximate surface area is 113 Å². The lowest BCUT2D eigenvalue weighted by Gasteiger charge is -2.06. The summed E-state index contributed by atoms with van der Waals surface area (Å²) in [7, 11) is 0. The molecule has 0 saturated heterocycles. The highest BCUT2D eigenvalue weighted by Gasteiger charge is 2.06. The molecule has 2 aromatic rings. The molecule has 1 N–H and O–H groups in total. The monoisotopic (exact) mass is 283 g/mol. The molecule has 0 saturated carbocycles. The van der Waals surface area contributed by atoms with Crippen LogP contribution in [0.1, 0.15) is 16.1 Å². The molecule has 0 spiro atoms. The minimum absolute atomic E-state index is 0.0898. The number of rotatable bonds is 5. The zero-order valence-electron chi connectivity index (χ0n) is 9.45. The highest BCUT2D eigenvalue weighted by Crippen LogP contribution is 2.18. The molecule has 0 aliphatic carbocycles. The molecule has 0 aliphatic heterocycles. The number of carbonyl (C=O) groups excluding carboxylic acids is 1. The van der Waals surface area contributed by atoms with Crippen LogP contribution in [0.25, 0.3) is 0 Å². The lowest BCUT2D eigenvalue weighted by atomic mass is 10.2. The summed E-state index contributed by atoms with van der Waals surface area (Å²) >= 11 is 7.00. The van der Waals surface area contributed by atoms with Crippen LogP contribution in [0.3, 0.4) is 0 Å². The normalized spacial score (nSPS) is 10.3. The highest BCUT2D eigenvalue weighted by molar-refractivity contribution is 7.12. The van der Waals surface area contributed by atoms with Gasteiger partial charge in [0.05, 0.1) is 9.90 Å². The van der Waals surface area contributed by atoms with Crippen LogP contribution in [0.5, 0.6) is 0 Å². The number of hydrogen-bond acceptors (Lipinski definition) is 3. The van der Waals surface area contributed by atoms with Crippen molar-refractivity contribution < 1.29 is 9.18 Å². The standard InChI is InChI=1S/C13H11ClFNOS/c14-10-4-3-9(8-11(10)15)16-6-5-12(17)13-2-1-7-18-13/h1-4,7-8,16H,5-6H2. The number of ketones is 1. The fourth-order valence-corrected chi connectivity index (χ4v) is 2.30. The Morgan fingerprint density at radius 1 is 1.39 bits per heavy atom. The van der Waals surface area contributed by atoms with Crippen LogP contribution < -0.4 is 5.32 Å². The third-order valence-electron chi connectivity index (χ3n) is 2.40. The van der Waals surface area contributed by atoms with Crippen molar-refractivity contribution >= 4 is 34.4 Å². The van der Waals surface area contributed by atoms with Crippen LogP contribution in [-0.4, -0.2) is 12.3 Å². The van der Waals surface area contributed by atoms with Gasteiger partial charge in [0.15, 0.2) is 5.78 Å². The minimum atomic E-state index is -0.466. The number of Topliss-reactive ketones (excluding diaryl/α,β-unsaturated/α-hetero) is 1. The average Bonchev–Trinajstić information content (AvgIpc) is 2.87. The summed E-state index contributed by atoms with van der Waals surface area (Å²) in [5.74, 6) is -0.377. The van der Waals surface area contributed by atoms with Crippen molar-refractivity contribution in [2.75, 3.05) is 11.9 Å². The van der Waals surface area contributed by atoms with E-state index in [4.69, 9.17) is 11.6 Å². The van der Waals surface area contributed by atoms with Crippen LogP contribution in [-0.2, 0) is 0 Å². The molecule has 0 radical (unpaired) electrons. The average molecular weight is 284 g/mol. The summed E-state index contributed by atoms with van der Waals surface area (Å²) in [6.45, 7) is 0.470. The Morgan fingerprint density at radius 2 is 2.22 bits per heavy atom. The zero-order valence-corrected chi connectivity index (χ0v) is 11.0. The van der Waals surface area contributed by atoms with Crippen molar-refractivity contribution in [3.63, 3.8) is 0 Å². The number of carbonyl (C=O) groups is 1. The third-order valence-corrected chi connectivity index (χ3v) is 3.61. The fourth-order valence-electron chi connectivity index (χ4n) is 1.49. The smallest absolute Gasteiger partial charge is 0.174 e. The Balaban J connectivity index is 1.85. The van der Waals surface area contributed by atoms with Crippen molar-refractivity contribution in [2.24, 2.45) is 0 Å². The molecule has 94 valence electrons. The molecule has 1 aromatic carbocycles. The van der Waals surface area contributed by atoms with E-state index >= 15 is 0 Å². The fraction of sp³-hybridized carbons (Fsp3) is 0.154. The van der Waals surface area contributed by atoms with Gasteiger partial charge in [-0.15, -0.1) is 11.3 Å². The van der Waals surface area contributed by atoms with Gasteiger partial charge in [-0.3, -0.25) is 4.79 Å². The van der Waals surface area contributed by atoms with Gasteiger partial charge in [0.2, 0.25) is 0 Å². The van der Waals surface area contributed by atoms with E-state index in [1.807, 2.05) is 11.4 Å². The van der Waals surface area contributed by atoms with E-state index in [1.165, 1.54) is 23.5 Å². The third kappa shape index (κ3) is 3.31. The first-order valence-electron chi connectivity index (χ1n) is 5.42. The van der Waals surface area contributed by atoms with Crippen molar-refractivity contribution in [3.8, 4) is 0 Å². The molecule has 2 nitrogen and oxygen atoms in total. The predicted molar refractivity (Wildman–Crippen MR) is 73.2 cm³/mol. The summed E-state index contributed by atoms with van der Waals surface area (Å²) in [4.78, 5) is 12.4. The molecular formula is C13H11ClFNOS. The molecule has 0 atom stereocenters. The van der Waals surface area contributed by atoms with Crippen molar-refractivity contribution in [2.45, 2.75) is 6.42 Å². The number of anilines is 1. The minimum Gasteiger partial charge on any atom is -0.385 e. The zero-order chi connectivity index (χ0) is 13.0. The molecule has 0 aliphatic rings. The molecule has 0 bridgehead atoms. The van der Waals surface area contributed by atoms with Gasteiger partial charge in [-0.2, -0.15) is 0 Å². The maximum Gasteiger partial charge on any atom is 0.174 e. The molecule has 5 heteroatoms. The van der Waals surface area contributed by atoms with E-state index in [0.717, 1.165) is 4.88 Å². The molecule has 0 amide bonds. The SMILES string of the molecule is O=C(CCNc1ccc(Cl)c(F)c1)c1cccs1. The van der Waals surface area contributed by atoms with Crippen LogP contribution in [0.15, 0.2) is 35.7 Å². The molecule has 1 heterocycles. The van der Waals surface area contributed by atoms with Gasteiger partial charge in [-0.1, -0.05) is 17.7 Å². The Bertz CT molecular complexity index is 542. The summed E-state index contributed by atoms with van der Waals surface area (Å²) in [6, 6.07) is 8.13. The van der Waals surface area contributed by atoms with Crippen molar-refractivity contribution in [1.29, 1.82) is 0 Å². The number of halogens is 2. The number of hydrogen-bond donors (Lipinski definition) is 1. The van der Waals surface area contributed by atoms with Gasteiger partial charge in [-0.25, -0.2) is 4.39 Å². The summed E-state index contributed by atoms with van der Waals surface area (Å²) in [5.41, 5.74) is 0.621. The number of thiophene rings is 1. The summed E-state index contributed by atoms with van der Waals surface area (Å²) in [5, 5.41) is 4.95. The maximum absolute atomic E-state index is 13.2. The first-order chi connectivity index (χ1) is 8.66. The second-order valence-corrected chi connectivity index (χ2v) is 5.06. The van der Waals surface area contributed by atoms with Crippen LogP contribution in [0, 0.1) is 5.82 Å². The maximum atomic E-state index is 13.2. The Morgan fingerprint density at radius 3 is 2.89 bits per heavy atom. The van der Waals surface area contributed by atoms with Crippen LogP contribution in [0.4, 0.5) is 10.1 Å². The molecule has 0 unspecified atom stereocenters. The van der Waals surface area contributed by atoms with Gasteiger partial charge in [-0.05, 0) is 29.6 Å². The van der Waals surface area contributed by atoms with E-state index < -0.39 is 5.82 Å². The van der Waals surface area contributed by atoms with Gasteiger partial charge in [0.1, 0.15) is 5.82 Å². The molecule has 18 heavy (non-hydrogen) atoms. The van der Waals surface area contributed by atoms with E-state index in [9.17, 15) is 9.18 Å². The Hall–Kier alpha value is -1.39. The topological polar surface area (TPSA) is 29.1 Å². The van der Waals surface area contributed by atoms with Crippen molar-refractivity contribution in [3.05, 3.63) is 51.4 Å². The van der Waals surface area contributed by atoms with Gasteiger partial charge in [0.25, 0.3) is 0 Å². The predicted octanol–water partition coefficient (Wildman–Crippen LogP) is 4.23. The lowest BCUT2D eigenvalue weighted by Crippen LogP contribution is -2.07. The second-order valence-electron chi connectivity index (χ2n) is 3.71. The lowest BCUT2D eigenvalue weighted by molar-refractivity contribution is 0.0990. The first-order valence-corrected chi connectivity index (χ1v) is 6.68. The van der Waals surface area contributed by atoms with Crippen molar-refractivity contribution in [1.82, 2.24) is 0 Å². The number of benzene rings is 1. The van der Waals surface area contributed by atoms with E-state index in [1.54, 1.807) is 12.1 Å². The summed E-state index contributed by atoms with van der Waals surface area (Å²) in [6.07, 6.45) is 0.380. The van der Waals surface area contributed by atoms with Gasteiger partial charge in [0, 0.05) is 18.7 Å². The van der Waals surface area contributed by atoms with E-state index in [2.05, 4.69) is 5.32 Å². The molecular weight excluding hydrogens is 273 g/mol. The number of nitrogens with one attached hydrogen (secondary N) is 1. The second kappa shape index (κ2) is 5.98. The first kappa shape index (κ1) is 13.1. The van der Waals surface area contributed by atoms with E-state index in [0.29, 0.717) is 18.7 Å². The quantitative estimate of drug-likeness (QED) is 0.832. The van der Waals surface area contributed by atoms with E-state index in [-0.39, 0.29) is 10.8 Å².